The fraction of sp³-hybridized carbons (Fsp3) is 0.905. The van der Waals surface area contributed by atoms with Crippen LogP contribution in [0.2, 0.25) is 25.2 Å². The van der Waals surface area contributed by atoms with E-state index in [1.165, 1.54) is 38.5 Å². The Labute approximate surface area is 139 Å². The molecular formula is C21H36Si. The third-order valence-electron chi connectivity index (χ3n) is 8.23. The van der Waals surface area contributed by atoms with Crippen molar-refractivity contribution in [2.24, 2.45) is 35.5 Å². The van der Waals surface area contributed by atoms with Gasteiger partial charge in [-0.1, -0.05) is 57.5 Å². The van der Waals surface area contributed by atoms with Gasteiger partial charge < -0.3 is 0 Å². The molecule has 0 bridgehead atoms. The van der Waals surface area contributed by atoms with Gasteiger partial charge in [-0.3, -0.25) is 0 Å². The van der Waals surface area contributed by atoms with Gasteiger partial charge in [-0.2, -0.15) is 0 Å². The highest BCUT2D eigenvalue weighted by Gasteiger charge is 2.56. The summed E-state index contributed by atoms with van der Waals surface area (Å²) in [6.45, 7) is 12.6. The van der Waals surface area contributed by atoms with E-state index in [0.717, 1.165) is 41.0 Å². The quantitative estimate of drug-likeness (QED) is 0.382. The van der Waals surface area contributed by atoms with Gasteiger partial charge >= 0.3 is 0 Å². The Morgan fingerprint density at radius 2 is 1.59 bits per heavy atom. The van der Waals surface area contributed by atoms with Gasteiger partial charge in [0.15, 0.2) is 0 Å². The summed E-state index contributed by atoms with van der Waals surface area (Å²) < 4.78 is 0. The Balaban J connectivity index is 1.72. The van der Waals surface area contributed by atoms with E-state index >= 15 is 0 Å². The maximum absolute atomic E-state index is 4.64. The molecule has 4 fully saturated rings. The summed E-state index contributed by atoms with van der Waals surface area (Å²) in [5.74, 6) is 6.20. The lowest BCUT2D eigenvalue weighted by Gasteiger charge is -2.41. The van der Waals surface area contributed by atoms with Crippen LogP contribution < -0.4 is 0 Å². The van der Waals surface area contributed by atoms with Gasteiger partial charge in [-0.05, 0) is 73.2 Å². The zero-order valence-corrected chi connectivity index (χ0v) is 16.1. The highest BCUT2D eigenvalue weighted by molar-refractivity contribution is 6.77. The minimum Gasteiger partial charge on any atom is -0.0996 e. The van der Waals surface area contributed by atoms with Crippen molar-refractivity contribution in [3.05, 3.63) is 12.2 Å². The molecule has 7 atom stereocenters. The Bertz CT molecular complexity index is 445. The van der Waals surface area contributed by atoms with E-state index in [1.807, 2.05) is 0 Å². The maximum Gasteiger partial charge on any atom is 0.0476 e. The summed E-state index contributed by atoms with van der Waals surface area (Å²) in [6.07, 6.45) is 13.6. The fourth-order valence-electron chi connectivity index (χ4n) is 7.44. The van der Waals surface area contributed by atoms with Crippen LogP contribution in [-0.2, 0) is 0 Å². The van der Waals surface area contributed by atoms with E-state index in [0.29, 0.717) is 0 Å². The van der Waals surface area contributed by atoms with Crippen LogP contribution in [0.3, 0.4) is 0 Å². The zero-order valence-electron chi connectivity index (χ0n) is 15.1. The van der Waals surface area contributed by atoms with Crippen LogP contribution in [0.15, 0.2) is 12.2 Å². The number of hydrogen-bond acceptors (Lipinski definition) is 0. The van der Waals surface area contributed by atoms with Crippen molar-refractivity contribution in [3.8, 4) is 0 Å². The summed E-state index contributed by atoms with van der Waals surface area (Å²) in [6, 6.07) is 0. The second kappa shape index (κ2) is 5.50. The molecule has 0 radical (unpaired) electrons. The van der Waals surface area contributed by atoms with Crippen molar-refractivity contribution in [2.45, 2.75) is 83.0 Å². The van der Waals surface area contributed by atoms with E-state index in [2.05, 4.69) is 26.2 Å². The van der Waals surface area contributed by atoms with Gasteiger partial charge in [0.2, 0.25) is 0 Å². The Morgan fingerprint density at radius 1 is 0.864 bits per heavy atom. The lowest BCUT2D eigenvalue weighted by Crippen LogP contribution is -2.36. The van der Waals surface area contributed by atoms with Crippen molar-refractivity contribution in [2.75, 3.05) is 0 Å². The standard InChI is InChI=1S/C21H36Si/c1-14-12-15-8-5-6-9-17(15)19-13-20(22(2,3)4)18-11-7-10-16(14)21(18)19/h15-21H,1,5-13H2,2-4H3. The molecule has 4 rings (SSSR count). The molecule has 0 aliphatic heterocycles. The molecule has 4 saturated carbocycles. The number of hydrogen-bond donors (Lipinski definition) is 0. The van der Waals surface area contributed by atoms with Gasteiger partial charge in [-0.15, -0.1) is 0 Å². The van der Waals surface area contributed by atoms with Gasteiger partial charge in [-0.25, -0.2) is 0 Å². The molecule has 0 N–H and O–H groups in total. The first kappa shape index (κ1) is 15.5. The van der Waals surface area contributed by atoms with Crippen molar-refractivity contribution in [3.63, 3.8) is 0 Å². The molecule has 0 heterocycles. The molecule has 0 spiro atoms. The Hall–Kier alpha value is -0.0431. The number of fused-ring (bicyclic) bond motifs is 2. The van der Waals surface area contributed by atoms with Crippen LogP contribution in [0.1, 0.15) is 57.8 Å². The number of rotatable bonds is 1. The van der Waals surface area contributed by atoms with Crippen LogP contribution in [0, 0.1) is 35.5 Å². The summed E-state index contributed by atoms with van der Waals surface area (Å²) in [5.41, 5.74) is 2.80. The molecule has 0 saturated heterocycles. The predicted molar refractivity (Wildman–Crippen MR) is 98.7 cm³/mol. The molecule has 0 nitrogen and oxygen atoms in total. The first-order valence-electron chi connectivity index (χ1n) is 10.1. The van der Waals surface area contributed by atoms with E-state index < -0.39 is 8.07 Å². The van der Waals surface area contributed by atoms with E-state index in [1.54, 1.807) is 24.8 Å². The molecule has 4 aliphatic carbocycles. The minimum atomic E-state index is -1.02. The molecule has 22 heavy (non-hydrogen) atoms. The second-order valence-corrected chi connectivity index (χ2v) is 15.7. The van der Waals surface area contributed by atoms with Crippen LogP contribution in [0.4, 0.5) is 0 Å². The monoisotopic (exact) mass is 316 g/mol. The van der Waals surface area contributed by atoms with Gasteiger partial charge in [0, 0.05) is 8.07 Å². The van der Waals surface area contributed by atoms with Crippen molar-refractivity contribution < 1.29 is 0 Å². The van der Waals surface area contributed by atoms with Crippen LogP contribution in [0.5, 0.6) is 0 Å². The largest absolute Gasteiger partial charge is 0.0996 e. The third-order valence-corrected chi connectivity index (χ3v) is 11.1. The number of allylic oxidation sites excluding steroid dienone is 1. The summed E-state index contributed by atoms with van der Waals surface area (Å²) >= 11 is 0. The topological polar surface area (TPSA) is 0 Å². The fourth-order valence-corrected chi connectivity index (χ4v) is 10.1. The second-order valence-electron chi connectivity index (χ2n) is 10.2. The molecule has 7 unspecified atom stereocenters. The van der Waals surface area contributed by atoms with E-state index in [-0.39, 0.29) is 0 Å². The molecule has 1 heteroatoms. The average molecular weight is 317 g/mol. The zero-order chi connectivity index (χ0) is 15.5. The Kier molecular flexibility index (Phi) is 3.87. The minimum absolute atomic E-state index is 0.913. The van der Waals surface area contributed by atoms with Crippen molar-refractivity contribution in [1.29, 1.82) is 0 Å². The highest BCUT2D eigenvalue weighted by atomic mass is 28.3. The molecular weight excluding hydrogens is 280 g/mol. The van der Waals surface area contributed by atoms with Crippen molar-refractivity contribution >= 4 is 8.07 Å². The van der Waals surface area contributed by atoms with Crippen LogP contribution in [0.25, 0.3) is 0 Å². The first-order chi connectivity index (χ1) is 10.5. The maximum atomic E-state index is 4.64. The van der Waals surface area contributed by atoms with E-state index in [4.69, 9.17) is 0 Å². The summed E-state index contributed by atoms with van der Waals surface area (Å²) in [5, 5.41) is 0. The molecule has 0 aromatic rings. The molecule has 124 valence electrons. The highest BCUT2D eigenvalue weighted by Crippen LogP contribution is 2.64. The average Bonchev–Trinajstić information content (AvgIpc) is 2.81. The van der Waals surface area contributed by atoms with Crippen LogP contribution >= 0.6 is 0 Å². The predicted octanol–water partition coefficient (Wildman–Crippen LogP) is 6.51. The smallest absolute Gasteiger partial charge is 0.0476 e. The van der Waals surface area contributed by atoms with Gasteiger partial charge in [0.25, 0.3) is 0 Å². The SMILES string of the molecule is C=C1CC2CCCCC2C2CC([Si](C)(C)C)C3CCCC1C23. The molecule has 0 amide bonds. The molecule has 0 aromatic heterocycles. The van der Waals surface area contributed by atoms with Crippen LogP contribution in [-0.4, -0.2) is 8.07 Å². The first-order valence-corrected chi connectivity index (χ1v) is 13.7. The van der Waals surface area contributed by atoms with Gasteiger partial charge in [0.05, 0.1) is 0 Å². The Morgan fingerprint density at radius 3 is 2.36 bits per heavy atom. The molecule has 4 aliphatic rings. The lowest BCUT2D eigenvalue weighted by atomic mass is 9.65. The van der Waals surface area contributed by atoms with Crippen molar-refractivity contribution in [1.82, 2.24) is 0 Å². The van der Waals surface area contributed by atoms with Gasteiger partial charge in [0.1, 0.15) is 0 Å². The summed E-state index contributed by atoms with van der Waals surface area (Å²) in [4.78, 5) is 0. The summed E-state index contributed by atoms with van der Waals surface area (Å²) in [7, 11) is -1.02. The molecule has 0 aromatic carbocycles. The normalized spacial score (nSPS) is 48.5. The van der Waals surface area contributed by atoms with E-state index in [9.17, 15) is 0 Å². The lowest BCUT2D eigenvalue weighted by molar-refractivity contribution is 0.102. The third kappa shape index (κ3) is 2.37.